The van der Waals surface area contributed by atoms with Gasteiger partial charge in [0.25, 0.3) is 0 Å². The first-order valence-corrected chi connectivity index (χ1v) is 12.5. The molecule has 2 saturated heterocycles. The van der Waals surface area contributed by atoms with Crippen LogP contribution in [-0.2, 0) is 26.2 Å². The van der Waals surface area contributed by atoms with Gasteiger partial charge in [0.15, 0.2) is 0 Å². The minimum absolute atomic E-state index is 0.128. The fourth-order valence-corrected chi connectivity index (χ4v) is 5.85. The minimum atomic E-state index is -3.62. The predicted octanol–water partition coefficient (Wildman–Crippen LogP) is 2.84. The normalized spacial score (nSPS) is 19.8. The fraction of sp³-hybridized carbons (Fsp3) is 0.417. The van der Waals surface area contributed by atoms with Crippen molar-refractivity contribution in [2.45, 2.75) is 44.0 Å². The molecule has 2 aromatic carbocycles. The summed E-state index contributed by atoms with van der Waals surface area (Å²) in [7, 11) is -3.62. The van der Waals surface area contributed by atoms with E-state index in [9.17, 15) is 18.0 Å². The predicted molar refractivity (Wildman–Crippen MR) is 123 cm³/mol. The zero-order chi connectivity index (χ0) is 22.7. The van der Waals surface area contributed by atoms with Crippen LogP contribution in [0.15, 0.2) is 53.4 Å². The molecule has 2 heterocycles. The van der Waals surface area contributed by atoms with E-state index >= 15 is 0 Å². The Balaban J connectivity index is 1.38. The van der Waals surface area contributed by atoms with Gasteiger partial charge in [-0.1, -0.05) is 29.8 Å². The molecule has 0 aliphatic carbocycles. The molecule has 32 heavy (non-hydrogen) atoms. The third kappa shape index (κ3) is 4.86. The Morgan fingerprint density at radius 2 is 1.88 bits per heavy atom. The van der Waals surface area contributed by atoms with Gasteiger partial charge in [-0.3, -0.25) is 9.59 Å². The van der Waals surface area contributed by atoms with E-state index in [0.29, 0.717) is 32.4 Å². The Bertz CT molecular complexity index is 1100. The van der Waals surface area contributed by atoms with Crippen LogP contribution in [0.1, 0.15) is 36.8 Å². The molecule has 2 amide bonds. The highest BCUT2D eigenvalue weighted by Gasteiger charge is 2.33. The van der Waals surface area contributed by atoms with E-state index in [1.54, 1.807) is 29.2 Å². The Hall–Kier alpha value is -2.71. The zero-order valence-corrected chi connectivity index (χ0v) is 19.1. The van der Waals surface area contributed by atoms with Gasteiger partial charge in [-0.15, -0.1) is 0 Å². The van der Waals surface area contributed by atoms with Crippen molar-refractivity contribution in [3.8, 4) is 0 Å². The van der Waals surface area contributed by atoms with Gasteiger partial charge < -0.3 is 10.2 Å². The quantitative estimate of drug-likeness (QED) is 0.726. The van der Waals surface area contributed by atoms with Crippen molar-refractivity contribution in [3.05, 3.63) is 59.7 Å². The molecule has 2 fully saturated rings. The number of nitrogens with one attached hydrogen (secondary N) is 1. The monoisotopic (exact) mass is 455 g/mol. The number of sulfonamides is 1. The first-order chi connectivity index (χ1) is 15.3. The maximum Gasteiger partial charge on any atom is 0.243 e. The smallest absolute Gasteiger partial charge is 0.243 e. The second-order valence-electron chi connectivity index (χ2n) is 8.55. The highest BCUT2D eigenvalue weighted by atomic mass is 32.2. The first kappa shape index (κ1) is 22.5. The number of hydrogen-bond acceptors (Lipinski definition) is 4. The number of nitrogens with zero attached hydrogens (tertiary/aromatic N) is 2. The molecule has 170 valence electrons. The van der Waals surface area contributed by atoms with Gasteiger partial charge in [-0.05, 0) is 56.0 Å². The number of aryl methyl sites for hydroxylation is 1. The number of rotatable bonds is 6. The molecule has 1 N–H and O–H groups in total. The van der Waals surface area contributed by atoms with Crippen molar-refractivity contribution in [3.63, 3.8) is 0 Å². The van der Waals surface area contributed by atoms with Gasteiger partial charge >= 0.3 is 0 Å². The lowest BCUT2D eigenvalue weighted by Crippen LogP contribution is -2.45. The molecule has 0 bridgehead atoms. The van der Waals surface area contributed by atoms with Crippen molar-refractivity contribution >= 4 is 27.5 Å². The van der Waals surface area contributed by atoms with Crippen molar-refractivity contribution in [1.29, 1.82) is 0 Å². The molecular weight excluding hydrogens is 426 g/mol. The van der Waals surface area contributed by atoms with E-state index in [-0.39, 0.29) is 29.2 Å². The average molecular weight is 456 g/mol. The second-order valence-corrected chi connectivity index (χ2v) is 10.5. The zero-order valence-electron chi connectivity index (χ0n) is 18.3. The second kappa shape index (κ2) is 9.42. The van der Waals surface area contributed by atoms with E-state index in [1.807, 2.05) is 31.2 Å². The molecule has 0 saturated carbocycles. The SMILES string of the molecule is Cc1ccc(S(=O)(=O)N2CCC[C@H](C(=O)NCc3cccc(N4CCCC4=O)c3)C2)cc1. The van der Waals surface area contributed by atoms with Crippen LogP contribution in [0.25, 0.3) is 0 Å². The summed E-state index contributed by atoms with van der Waals surface area (Å²) in [5.41, 5.74) is 2.76. The van der Waals surface area contributed by atoms with E-state index in [0.717, 1.165) is 29.8 Å². The summed E-state index contributed by atoms with van der Waals surface area (Å²) < 4.78 is 27.4. The van der Waals surface area contributed by atoms with Gasteiger partial charge in [0.2, 0.25) is 21.8 Å². The fourth-order valence-electron chi connectivity index (χ4n) is 4.32. The van der Waals surface area contributed by atoms with Crippen LogP contribution < -0.4 is 10.2 Å². The van der Waals surface area contributed by atoms with Crippen LogP contribution in [0.3, 0.4) is 0 Å². The first-order valence-electron chi connectivity index (χ1n) is 11.1. The lowest BCUT2D eigenvalue weighted by Gasteiger charge is -2.31. The van der Waals surface area contributed by atoms with E-state index < -0.39 is 10.0 Å². The number of benzene rings is 2. The molecule has 0 unspecified atom stereocenters. The number of piperidine rings is 1. The van der Waals surface area contributed by atoms with Crippen LogP contribution in [0.2, 0.25) is 0 Å². The van der Waals surface area contributed by atoms with Crippen molar-refractivity contribution < 1.29 is 18.0 Å². The van der Waals surface area contributed by atoms with Crippen molar-refractivity contribution in [2.24, 2.45) is 5.92 Å². The molecule has 0 spiro atoms. The average Bonchev–Trinajstić information content (AvgIpc) is 3.24. The van der Waals surface area contributed by atoms with Crippen LogP contribution >= 0.6 is 0 Å². The van der Waals surface area contributed by atoms with Gasteiger partial charge in [0.1, 0.15) is 0 Å². The highest BCUT2D eigenvalue weighted by molar-refractivity contribution is 7.89. The Morgan fingerprint density at radius 3 is 2.59 bits per heavy atom. The molecule has 7 nitrogen and oxygen atoms in total. The van der Waals surface area contributed by atoms with Crippen LogP contribution in [0.4, 0.5) is 5.69 Å². The minimum Gasteiger partial charge on any atom is -0.352 e. The summed E-state index contributed by atoms with van der Waals surface area (Å²) in [5.74, 6) is -0.396. The molecule has 2 aromatic rings. The third-order valence-electron chi connectivity index (χ3n) is 6.18. The number of carbonyl (C=O) groups is 2. The standard InChI is InChI=1S/C24H29N3O4S/c1-18-9-11-22(12-10-18)32(30,31)26-13-3-6-20(17-26)24(29)25-16-19-5-2-7-21(15-19)27-14-4-8-23(27)28/h2,5,7,9-12,15,20H,3-4,6,8,13-14,16-17H2,1H3,(H,25,29)/t20-/m0/s1. The number of amides is 2. The summed E-state index contributed by atoms with van der Waals surface area (Å²) in [4.78, 5) is 26.9. The summed E-state index contributed by atoms with van der Waals surface area (Å²) >= 11 is 0. The molecule has 8 heteroatoms. The van der Waals surface area contributed by atoms with Gasteiger partial charge in [0.05, 0.1) is 10.8 Å². The summed E-state index contributed by atoms with van der Waals surface area (Å²) in [6.45, 7) is 3.59. The Kier molecular flexibility index (Phi) is 6.62. The molecule has 0 aromatic heterocycles. The Morgan fingerprint density at radius 1 is 1.09 bits per heavy atom. The molecular formula is C24H29N3O4S. The maximum absolute atomic E-state index is 13.0. The molecule has 2 aliphatic rings. The highest BCUT2D eigenvalue weighted by Crippen LogP contribution is 2.25. The summed E-state index contributed by atoms with van der Waals surface area (Å²) in [6, 6.07) is 14.4. The molecule has 0 radical (unpaired) electrons. The van der Waals surface area contributed by atoms with E-state index in [1.165, 1.54) is 4.31 Å². The lowest BCUT2D eigenvalue weighted by molar-refractivity contribution is -0.126. The molecule has 4 rings (SSSR count). The van der Waals surface area contributed by atoms with Gasteiger partial charge in [-0.25, -0.2) is 8.42 Å². The number of hydrogen-bond donors (Lipinski definition) is 1. The lowest BCUT2D eigenvalue weighted by atomic mass is 9.98. The summed E-state index contributed by atoms with van der Waals surface area (Å²) in [5, 5.41) is 2.95. The molecule has 1 atom stereocenters. The van der Waals surface area contributed by atoms with E-state index in [4.69, 9.17) is 0 Å². The largest absolute Gasteiger partial charge is 0.352 e. The number of carbonyl (C=O) groups excluding carboxylic acids is 2. The van der Waals surface area contributed by atoms with Crippen LogP contribution in [-0.4, -0.2) is 44.2 Å². The maximum atomic E-state index is 13.0. The van der Waals surface area contributed by atoms with Crippen molar-refractivity contribution in [1.82, 2.24) is 9.62 Å². The number of anilines is 1. The third-order valence-corrected chi connectivity index (χ3v) is 8.06. The topological polar surface area (TPSA) is 86.8 Å². The van der Waals surface area contributed by atoms with Crippen LogP contribution in [0, 0.1) is 12.8 Å². The summed E-state index contributed by atoms with van der Waals surface area (Å²) in [6.07, 6.45) is 2.75. The molecule has 2 aliphatic heterocycles. The van der Waals surface area contributed by atoms with Crippen molar-refractivity contribution in [2.75, 3.05) is 24.5 Å². The van der Waals surface area contributed by atoms with Crippen LogP contribution in [0.5, 0.6) is 0 Å². The van der Waals surface area contributed by atoms with Gasteiger partial charge in [-0.2, -0.15) is 4.31 Å². The van der Waals surface area contributed by atoms with Gasteiger partial charge in [0, 0.05) is 38.3 Å². The van der Waals surface area contributed by atoms with E-state index in [2.05, 4.69) is 5.32 Å². The Labute approximate surface area is 189 Å².